The van der Waals surface area contributed by atoms with Crippen molar-refractivity contribution < 1.29 is 4.39 Å². The maximum atomic E-state index is 14.0. The Morgan fingerprint density at radius 1 is 0.838 bits per heavy atom. The number of fused-ring (bicyclic) bond motifs is 5. The highest BCUT2D eigenvalue weighted by Gasteiger charge is 2.34. The second kappa shape index (κ2) is 8.04. The second-order valence-corrected chi connectivity index (χ2v) is 10.2. The Kier molecular flexibility index (Phi) is 4.74. The lowest BCUT2D eigenvalue weighted by atomic mass is 9.75. The quantitative estimate of drug-likeness (QED) is 0.256. The number of anilines is 2. The van der Waals surface area contributed by atoms with Crippen LogP contribution in [-0.2, 0) is 5.41 Å². The number of aromatic nitrogens is 2. The average Bonchev–Trinajstić information content (AvgIpc) is 3.10. The first-order valence-corrected chi connectivity index (χ1v) is 12.7. The van der Waals surface area contributed by atoms with E-state index < -0.39 is 0 Å². The van der Waals surface area contributed by atoms with Crippen LogP contribution in [0.4, 0.5) is 15.9 Å². The summed E-state index contributed by atoms with van der Waals surface area (Å²) < 4.78 is 16.5. The Morgan fingerprint density at radius 3 is 2.54 bits per heavy atom. The van der Waals surface area contributed by atoms with Crippen molar-refractivity contribution in [2.45, 2.75) is 25.7 Å². The fourth-order valence-electron chi connectivity index (χ4n) is 5.95. The summed E-state index contributed by atoms with van der Waals surface area (Å²) in [5, 5.41) is 2.42. The van der Waals surface area contributed by atoms with Crippen molar-refractivity contribution in [3.05, 3.63) is 132 Å². The van der Waals surface area contributed by atoms with Crippen LogP contribution in [0.3, 0.4) is 0 Å². The molecule has 4 heteroatoms. The maximum absolute atomic E-state index is 14.0. The molecule has 7 rings (SSSR count). The highest BCUT2D eigenvalue weighted by atomic mass is 19.1. The van der Waals surface area contributed by atoms with Gasteiger partial charge in [0.15, 0.2) is 0 Å². The van der Waals surface area contributed by atoms with Crippen LogP contribution in [0.1, 0.15) is 31.4 Å². The standard InChI is InChI=1S/C33H26FN3/c1-33(2)27-12-3-4-14-30(27)37-29-19-18-24(21-26(29)25-11-8-13-28(33)32(25)37)36(31-15-5-6-20-35-31)23-10-7-9-22(34)16-17-23/h3-6,8-21H,7H2,1-2H3. The number of nitrogens with zero attached hydrogens (tertiary/aromatic N) is 3. The molecule has 0 bridgehead atoms. The second-order valence-electron chi connectivity index (χ2n) is 10.2. The van der Waals surface area contributed by atoms with Crippen LogP contribution in [0.5, 0.6) is 0 Å². The predicted octanol–water partition coefficient (Wildman–Crippen LogP) is 8.65. The molecule has 3 aromatic carbocycles. The van der Waals surface area contributed by atoms with E-state index in [1.165, 1.54) is 44.7 Å². The summed E-state index contributed by atoms with van der Waals surface area (Å²) in [6, 6.07) is 27.9. The number of halogens is 1. The first kappa shape index (κ1) is 21.8. The van der Waals surface area contributed by atoms with Crippen molar-refractivity contribution in [2.24, 2.45) is 0 Å². The van der Waals surface area contributed by atoms with Crippen molar-refractivity contribution >= 4 is 33.3 Å². The molecule has 0 spiro atoms. The summed E-state index contributed by atoms with van der Waals surface area (Å²) in [4.78, 5) is 6.76. The molecule has 3 nitrogen and oxygen atoms in total. The van der Waals surface area contributed by atoms with Gasteiger partial charge in [0.2, 0.25) is 0 Å². The molecule has 0 N–H and O–H groups in total. The van der Waals surface area contributed by atoms with E-state index in [2.05, 4.69) is 89.0 Å². The summed E-state index contributed by atoms with van der Waals surface area (Å²) in [6.45, 7) is 4.63. The van der Waals surface area contributed by atoms with E-state index in [9.17, 15) is 4.39 Å². The molecule has 0 saturated heterocycles. The zero-order valence-electron chi connectivity index (χ0n) is 20.8. The minimum absolute atomic E-state index is 0.101. The van der Waals surface area contributed by atoms with Gasteiger partial charge in [-0.3, -0.25) is 4.90 Å². The smallest absolute Gasteiger partial charge is 0.137 e. The molecule has 0 saturated carbocycles. The molecule has 3 heterocycles. The summed E-state index contributed by atoms with van der Waals surface area (Å²) in [7, 11) is 0. The minimum Gasteiger partial charge on any atom is -0.309 e. The Labute approximate surface area is 215 Å². The van der Waals surface area contributed by atoms with E-state index in [1.54, 1.807) is 12.3 Å². The van der Waals surface area contributed by atoms with Crippen LogP contribution >= 0.6 is 0 Å². The minimum atomic E-state index is -0.224. The van der Waals surface area contributed by atoms with E-state index >= 15 is 0 Å². The third-order valence-electron chi connectivity index (χ3n) is 7.71. The Balaban J connectivity index is 1.51. The van der Waals surface area contributed by atoms with E-state index in [-0.39, 0.29) is 11.2 Å². The van der Waals surface area contributed by atoms with Crippen LogP contribution in [0, 0.1) is 0 Å². The van der Waals surface area contributed by atoms with Gasteiger partial charge in [0.05, 0.1) is 16.7 Å². The number of rotatable bonds is 3. The number of hydrogen-bond acceptors (Lipinski definition) is 2. The lowest BCUT2D eigenvalue weighted by Gasteiger charge is -2.34. The van der Waals surface area contributed by atoms with Crippen molar-refractivity contribution in [2.75, 3.05) is 4.90 Å². The summed E-state index contributed by atoms with van der Waals surface area (Å²) in [6.07, 6.45) is 9.29. The zero-order chi connectivity index (χ0) is 25.1. The van der Waals surface area contributed by atoms with Crippen LogP contribution in [-0.4, -0.2) is 9.55 Å². The lowest BCUT2D eigenvalue weighted by molar-refractivity contribution is 0.630. The van der Waals surface area contributed by atoms with Gasteiger partial charge >= 0.3 is 0 Å². The van der Waals surface area contributed by atoms with Gasteiger partial charge in [-0.1, -0.05) is 62.4 Å². The van der Waals surface area contributed by atoms with E-state index in [1.807, 2.05) is 30.4 Å². The Hall–Kier alpha value is -4.44. The third-order valence-corrected chi connectivity index (χ3v) is 7.71. The van der Waals surface area contributed by atoms with Gasteiger partial charge in [-0.2, -0.15) is 0 Å². The topological polar surface area (TPSA) is 21.1 Å². The van der Waals surface area contributed by atoms with Gasteiger partial charge in [0.25, 0.3) is 0 Å². The molecular weight excluding hydrogens is 457 g/mol. The molecule has 1 aliphatic heterocycles. The number of pyridine rings is 1. The number of benzene rings is 3. The largest absolute Gasteiger partial charge is 0.309 e. The summed E-state index contributed by atoms with van der Waals surface area (Å²) in [5.74, 6) is 0.568. The fourth-order valence-corrected chi connectivity index (χ4v) is 5.95. The summed E-state index contributed by atoms with van der Waals surface area (Å²) in [5.41, 5.74) is 8.11. The third kappa shape index (κ3) is 3.22. The van der Waals surface area contributed by atoms with Crippen LogP contribution in [0.25, 0.3) is 27.5 Å². The number of allylic oxidation sites excluding steroid dienone is 5. The van der Waals surface area contributed by atoms with Crippen LogP contribution in [0.15, 0.2) is 121 Å². The van der Waals surface area contributed by atoms with Gasteiger partial charge in [-0.05, 0) is 72.2 Å². The van der Waals surface area contributed by atoms with Gasteiger partial charge in [0.1, 0.15) is 11.6 Å². The van der Waals surface area contributed by atoms with E-state index in [4.69, 9.17) is 0 Å². The molecule has 2 aliphatic rings. The van der Waals surface area contributed by atoms with Gasteiger partial charge in [-0.25, -0.2) is 9.37 Å². The normalized spacial score (nSPS) is 15.8. The number of para-hydroxylation sites is 2. The predicted molar refractivity (Wildman–Crippen MR) is 150 cm³/mol. The first-order valence-electron chi connectivity index (χ1n) is 12.7. The van der Waals surface area contributed by atoms with E-state index in [0.717, 1.165) is 17.2 Å². The first-order chi connectivity index (χ1) is 18.0. The van der Waals surface area contributed by atoms with Crippen molar-refractivity contribution in [3.8, 4) is 5.69 Å². The maximum Gasteiger partial charge on any atom is 0.137 e. The Bertz CT molecular complexity index is 1790. The molecule has 37 heavy (non-hydrogen) atoms. The molecule has 0 radical (unpaired) electrons. The van der Waals surface area contributed by atoms with Crippen molar-refractivity contribution in [1.29, 1.82) is 0 Å². The highest BCUT2D eigenvalue weighted by Crippen LogP contribution is 2.48. The Morgan fingerprint density at radius 2 is 1.68 bits per heavy atom. The molecule has 0 fully saturated rings. The highest BCUT2D eigenvalue weighted by molar-refractivity contribution is 6.12. The van der Waals surface area contributed by atoms with Crippen molar-refractivity contribution in [1.82, 2.24) is 9.55 Å². The molecule has 0 atom stereocenters. The number of hydrogen-bond donors (Lipinski definition) is 0. The van der Waals surface area contributed by atoms with Crippen molar-refractivity contribution in [3.63, 3.8) is 0 Å². The van der Waals surface area contributed by atoms with Crippen LogP contribution in [0.2, 0.25) is 0 Å². The fraction of sp³-hybridized carbons (Fsp3) is 0.121. The zero-order valence-corrected chi connectivity index (χ0v) is 20.8. The van der Waals surface area contributed by atoms with Gasteiger partial charge < -0.3 is 4.57 Å². The molecule has 0 unspecified atom stereocenters. The average molecular weight is 484 g/mol. The monoisotopic (exact) mass is 483 g/mol. The molecule has 2 aromatic heterocycles. The molecular formula is C33H26FN3. The van der Waals surface area contributed by atoms with Gasteiger partial charge in [-0.15, -0.1) is 0 Å². The molecule has 0 amide bonds. The summed E-state index contributed by atoms with van der Waals surface area (Å²) >= 11 is 0. The molecule has 1 aliphatic carbocycles. The molecule has 180 valence electrons. The van der Waals surface area contributed by atoms with Crippen LogP contribution < -0.4 is 4.90 Å². The van der Waals surface area contributed by atoms with Gasteiger partial charge in [0, 0.05) is 33.8 Å². The van der Waals surface area contributed by atoms with E-state index in [0.29, 0.717) is 6.42 Å². The lowest BCUT2D eigenvalue weighted by Crippen LogP contribution is -2.26. The molecule has 5 aromatic rings. The SMILES string of the molecule is CC1(C)c2ccccc2-n2c3ccc(N(C4=CCC=C(F)C=C4)c4ccccn4)cc3c3cccc1c32.